The third-order valence-electron chi connectivity index (χ3n) is 6.58. The number of esters is 1. The Labute approximate surface area is 192 Å². The number of hydrogen-bond donors (Lipinski definition) is 1. The van der Waals surface area contributed by atoms with Crippen LogP contribution in [0.2, 0.25) is 0 Å². The second kappa shape index (κ2) is 7.82. The standard InChI is InChI=1S/C24H19F2N5O3/c25-23(26)33-15-3-1-2-14(10-15)19-28-12-18-21(30-19)31-20(29-18)13-4-7-24(8-5-13)17-11-27-9-6-16(17)22(32)34-24/h1-3,6,9-13,23H,4-5,7-8H2,(H,28,29,30,31)/t13-,24-. The molecule has 0 amide bonds. The van der Waals surface area contributed by atoms with E-state index in [4.69, 9.17) is 4.74 Å². The summed E-state index contributed by atoms with van der Waals surface area (Å²) >= 11 is 0. The molecule has 3 aromatic heterocycles. The number of imidazole rings is 1. The summed E-state index contributed by atoms with van der Waals surface area (Å²) < 4.78 is 35.4. The zero-order valence-corrected chi connectivity index (χ0v) is 17.9. The minimum atomic E-state index is -2.90. The largest absolute Gasteiger partial charge is 0.450 e. The van der Waals surface area contributed by atoms with Crippen molar-refractivity contribution in [3.63, 3.8) is 0 Å². The Morgan fingerprint density at radius 2 is 2.00 bits per heavy atom. The first-order valence-electron chi connectivity index (χ1n) is 11.0. The minimum Gasteiger partial charge on any atom is -0.450 e. The van der Waals surface area contributed by atoms with Crippen molar-refractivity contribution in [2.75, 3.05) is 0 Å². The molecule has 0 radical (unpaired) electrons. The predicted molar refractivity (Wildman–Crippen MR) is 116 cm³/mol. The van der Waals surface area contributed by atoms with E-state index in [0.29, 0.717) is 41.0 Å². The molecule has 1 saturated carbocycles. The molecule has 1 aliphatic carbocycles. The van der Waals surface area contributed by atoms with Gasteiger partial charge in [-0.2, -0.15) is 8.78 Å². The highest BCUT2D eigenvalue weighted by molar-refractivity contribution is 5.94. The van der Waals surface area contributed by atoms with Crippen molar-refractivity contribution in [2.24, 2.45) is 0 Å². The highest BCUT2D eigenvalue weighted by atomic mass is 19.3. The van der Waals surface area contributed by atoms with Crippen molar-refractivity contribution in [2.45, 2.75) is 43.8 Å². The predicted octanol–water partition coefficient (Wildman–Crippen LogP) is 4.74. The number of aromatic nitrogens is 5. The molecule has 1 aromatic carbocycles. The molecule has 1 N–H and O–H groups in total. The number of rotatable bonds is 4. The van der Waals surface area contributed by atoms with Gasteiger partial charge >= 0.3 is 12.6 Å². The molecule has 0 saturated heterocycles. The molecule has 1 aliphatic heterocycles. The van der Waals surface area contributed by atoms with E-state index in [9.17, 15) is 13.6 Å². The van der Waals surface area contributed by atoms with Crippen LogP contribution in [0.1, 0.15) is 53.3 Å². The normalized spacial score (nSPS) is 21.7. The summed E-state index contributed by atoms with van der Waals surface area (Å²) in [6.45, 7) is -2.90. The Kier molecular flexibility index (Phi) is 4.75. The molecule has 4 aromatic rings. The highest BCUT2D eigenvalue weighted by Gasteiger charge is 2.48. The maximum atomic E-state index is 12.5. The number of halogens is 2. The summed E-state index contributed by atoms with van der Waals surface area (Å²) in [4.78, 5) is 33.4. The van der Waals surface area contributed by atoms with Gasteiger partial charge in [0.1, 0.15) is 22.7 Å². The molecular formula is C24H19F2N5O3. The number of alkyl halides is 2. The van der Waals surface area contributed by atoms with Crippen LogP contribution >= 0.6 is 0 Å². The SMILES string of the molecule is O=C1O[C@]2(CC[C@H](c3nc4nc(-c5cccc(OC(F)F)c5)ncc4[nH]3)CC2)c2cnccc21. The van der Waals surface area contributed by atoms with Crippen molar-refractivity contribution in [3.05, 3.63) is 65.9 Å². The van der Waals surface area contributed by atoms with Gasteiger partial charge < -0.3 is 14.5 Å². The lowest BCUT2D eigenvalue weighted by molar-refractivity contribution is -0.0498. The van der Waals surface area contributed by atoms with E-state index < -0.39 is 12.2 Å². The Morgan fingerprint density at radius 1 is 1.15 bits per heavy atom. The highest BCUT2D eigenvalue weighted by Crippen LogP contribution is 2.49. The van der Waals surface area contributed by atoms with Crippen LogP contribution in [0.5, 0.6) is 5.75 Å². The lowest BCUT2D eigenvalue weighted by Gasteiger charge is -2.35. The van der Waals surface area contributed by atoms with Crippen molar-refractivity contribution in [3.8, 4) is 17.1 Å². The van der Waals surface area contributed by atoms with Crippen molar-refractivity contribution in [1.29, 1.82) is 0 Å². The van der Waals surface area contributed by atoms with Crippen molar-refractivity contribution >= 4 is 17.1 Å². The van der Waals surface area contributed by atoms with Crippen LogP contribution in [0.15, 0.2) is 48.9 Å². The van der Waals surface area contributed by atoms with Gasteiger partial charge in [0.2, 0.25) is 0 Å². The molecule has 1 spiro atoms. The van der Waals surface area contributed by atoms with E-state index in [1.54, 1.807) is 36.8 Å². The van der Waals surface area contributed by atoms with Crippen LogP contribution in [-0.2, 0) is 10.3 Å². The van der Waals surface area contributed by atoms with Gasteiger partial charge in [-0.05, 0) is 43.9 Å². The van der Waals surface area contributed by atoms with Crippen molar-refractivity contribution < 1.29 is 23.0 Å². The number of carbonyl (C=O) groups is 1. The van der Waals surface area contributed by atoms with Gasteiger partial charge in [0.15, 0.2) is 11.5 Å². The van der Waals surface area contributed by atoms with E-state index in [2.05, 4.69) is 29.7 Å². The van der Waals surface area contributed by atoms with Crippen LogP contribution in [0.3, 0.4) is 0 Å². The fraction of sp³-hybridized carbons (Fsp3) is 0.292. The first kappa shape index (κ1) is 20.6. The second-order valence-corrected chi connectivity index (χ2v) is 8.54. The molecule has 0 unspecified atom stereocenters. The van der Waals surface area contributed by atoms with E-state index in [0.717, 1.165) is 24.2 Å². The number of H-pyrrole nitrogens is 1. The Morgan fingerprint density at radius 3 is 2.82 bits per heavy atom. The van der Waals surface area contributed by atoms with Gasteiger partial charge in [0.05, 0.1) is 11.8 Å². The summed E-state index contributed by atoms with van der Waals surface area (Å²) in [5.74, 6) is 1.09. The first-order valence-corrected chi connectivity index (χ1v) is 11.0. The van der Waals surface area contributed by atoms with Gasteiger partial charge in [-0.15, -0.1) is 0 Å². The molecule has 4 heterocycles. The number of benzene rings is 1. The molecule has 0 bridgehead atoms. The van der Waals surface area contributed by atoms with E-state index in [1.807, 2.05) is 0 Å². The summed E-state index contributed by atoms with van der Waals surface area (Å²) in [7, 11) is 0. The molecule has 2 aliphatic rings. The Balaban J connectivity index is 1.23. The second-order valence-electron chi connectivity index (χ2n) is 8.54. The minimum absolute atomic E-state index is 0.0411. The molecule has 8 nitrogen and oxygen atoms in total. The Bertz CT molecular complexity index is 1400. The third-order valence-corrected chi connectivity index (χ3v) is 6.58. The molecule has 6 rings (SSSR count). The first-order chi connectivity index (χ1) is 16.5. The smallest absolute Gasteiger partial charge is 0.387 e. The number of fused-ring (bicyclic) bond motifs is 3. The summed E-state index contributed by atoms with van der Waals surface area (Å²) in [5, 5.41) is 0. The lowest BCUT2D eigenvalue weighted by atomic mass is 9.75. The topological polar surface area (TPSA) is 103 Å². The number of carbonyl (C=O) groups excluding carboxylic acids is 1. The fourth-order valence-corrected chi connectivity index (χ4v) is 4.92. The molecule has 34 heavy (non-hydrogen) atoms. The van der Waals surface area contributed by atoms with Crippen LogP contribution in [0, 0.1) is 0 Å². The maximum absolute atomic E-state index is 12.5. The number of nitrogens with one attached hydrogen (secondary N) is 1. The fourth-order valence-electron chi connectivity index (χ4n) is 4.92. The van der Waals surface area contributed by atoms with Gasteiger partial charge in [-0.25, -0.2) is 19.7 Å². The van der Waals surface area contributed by atoms with Crippen LogP contribution in [-0.4, -0.2) is 37.5 Å². The zero-order valence-electron chi connectivity index (χ0n) is 17.9. The molecule has 0 atom stereocenters. The maximum Gasteiger partial charge on any atom is 0.387 e. The molecule has 1 fully saturated rings. The van der Waals surface area contributed by atoms with Gasteiger partial charge in [0.25, 0.3) is 0 Å². The van der Waals surface area contributed by atoms with Crippen LogP contribution in [0.4, 0.5) is 8.78 Å². The molecule has 10 heteroatoms. The summed E-state index contributed by atoms with van der Waals surface area (Å²) in [6.07, 6.45) is 7.93. The van der Waals surface area contributed by atoms with E-state index >= 15 is 0 Å². The van der Waals surface area contributed by atoms with E-state index in [1.165, 1.54) is 12.1 Å². The van der Waals surface area contributed by atoms with Crippen molar-refractivity contribution in [1.82, 2.24) is 24.9 Å². The van der Waals surface area contributed by atoms with Gasteiger partial charge in [-0.1, -0.05) is 12.1 Å². The quantitative estimate of drug-likeness (QED) is 0.436. The van der Waals surface area contributed by atoms with Gasteiger partial charge in [-0.3, -0.25) is 4.98 Å². The third kappa shape index (κ3) is 3.46. The summed E-state index contributed by atoms with van der Waals surface area (Å²) in [6, 6.07) is 7.97. The average Bonchev–Trinajstić information content (AvgIpc) is 3.38. The molecular weight excluding hydrogens is 444 g/mol. The van der Waals surface area contributed by atoms with Crippen LogP contribution in [0.25, 0.3) is 22.6 Å². The number of ether oxygens (including phenoxy) is 2. The van der Waals surface area contributed by atoms with Crippen LogP contribution < -0.4 is 4.74 Å². The summed E-state index contributed by atoms with van der Waals surface area (Å²) in [5.41, 5.74) is 2.61. The number of pyridine rings is 1. The Hall–Kier alpha value is -3.95. The number of aromatic amines is 1. The molecule has 172 valence electrons. The monoisotopic (exact) mass is 463 g/mol. The lowest BCUT2D eigenvalue weighted by Crippen LogP contribution is -2.31. The number of hydrogen-bond acceptors (Lipinski definition) is 7. The van der Waals surface area contributed by atoms with E-state index in [-0.39, 0.29) is 17.6 Å². The zero-order chi connectivity index (χ0) is 23.3. The number of nitrogens with zero attached hydrogens (tertiary/aromatic N) is 4. The van der Waals surface area contributed by atoms with Gasteiger partial charge in [0, 0.05) is 29.4 Å². The average molecular weight is 463 g/mol.